The zero-order valence-corrected chi connectivity index (χ0v) is 13.8. The molecule has 2 rings (SSSR count). The second-order valence-corrected chi connectivity index (χ2v) is 5.99. The quantitative estimate of drug-likeness (QED) is 0.776. The lowest BCUT2D eigenvalue weighted by atomic mass is 10.0. The summed E-state index contributed by atoms with van der Waals surface area (Å²) in [7, 11) is 0. The molecule has 0 saturated heterocycles. The van der Waals surface area contributed by atoms with E-state index in [0.29, 0.717) is 20.8 Å². The second kappa shape index (κ2) is 7.37. The van der Waals surface area contributed by atoms with Crippen LogP contribution in [-0.4, -0.2) is 6.04 Å². The molecule has 0 heterocycles. The Labute approximate surface area is 139 Å². The first kappa shape index (κ1) is 16.4. The van der Waals surface area contributed by atoms with Crippen molar-refractivity contribution < 1.29 is 4.74 Å². The molecular weight excluding hydrogens is 329 g/mol. The molecule has 0 amide bonds. The lowest BCUT2D eigenvalue weighted by Crippen LogP contribution is -2.31. The minimum Gasteiger partial charge on any atom is -0.484 e. The zero-order valence-electron chi connectivity index (χ0n) is 11.5. The number of rotatable bonds is 5. The van der Waals surface area contributed by atoms with Crippen LogP contribution in [-0.2, 0) is 0 Å². The topological polar surface area (TPSA) is 35.2 Å². The van der Waals surface area contributed by atoms with Crippen molar-refractivity contribution in [2.45, 2.75) is 25.5 Å². The third kappa shape index (κ3) is 4.27. The van der Waals surface area contributed by atoms with Crippen LogP contribution in [0.25, 0.3) is 0 Å². The van der Waals surface area contributed by atoms with Crippen molar-refractivity contribution in [3.8, 4) is 5.75 Å². The minimum atomic E-state index is -0.274. The normalized spacial score (nSPS) is 13.8. The van der Waals surface area contributed by atoms with E-state index in [1.165, 1.54) is 0 Å². The molecule has 0 aliphatic rings. The van der Waals surface area contributed by atoms with Crippen LogP contribution >= 0.6 is 34.8 Å². The van der Waals surface area contributed by atoms with Crippen LogP contribution < -0.4 is 10.5 Å². The smallest absolute Gasteiger partial charge is 0.139 e. The van der Waals surface area contributed by atoms with Gasteiger partial charge in [0, 0.05) is 17.1 Å². The van der Waals surface area contributed by atoms with Gasteiger partial charge in [-0.1, -0.05) is 53.9 Å². The van der Waals surface area contributed by atoms with Crippen LogP contribution in [0.2, 0.25) is 15.1 Å². The highest BCUT2D eigenvalue weighted by Gasteiger charge is 2.21. The first-order valence-electron chi connectivity index (χ1n) is 6.64. The van der Waals surface area contributed by atoms with E-state index in [4.69, 9.17) is 45.3 Å². The van der Waals surface area contributed by atoms with Gasteiger partial charge in [0.1, 0.15) is 11.9 Å². The van der Waals surface area contributed by atoms with Gasteiger partial charge in [0.25, 0.3) is 0 Å². The summed E-state index contributed by atoms with van der Waals surface area (Å²) in [5.74, 6) is 0.633. The number of hydrogen-bond donors (Lipinski definition) is 1. The van der Waals surface area contributed by atoms with Gasteiger partial charge in [0.15, 0.2) is 0 Å². The molecule has 2 aromatic rings. The Bertz CT molecular complexity index is 601. The second-order valence-electron chi connectivity index (χ2n) is 4.74. The summed E-state index contributed by atoms with van der Waals surface area (Å²) >= 11 is 17.9. The van der Waals surface area contributed by atoms with Crippen LogP contribution in [0, 0.1) is 0 Å². The van der Waals surface area contributed by atoms with E-state index in [2.05, 4.69) is 0 Å². The maximum atomic E-state index is 6.19. The molecule has 2 nitrogen and oxygen atoms in total. The molecule has 0 bridgehead atoms. The Morgan fingerprint density at radius 1 is 1.00 bits per heavy atom. The van der Waals surface area contributed by atoms with Crippen molar-refractivity contribution in [2.75, 3.05) is 0 Å². The van der Waals surface area contributed by atoms with Gasteiger partial charge in [0.05, 0.1) is 10.0 Å². The Hall–Kier alpha value is -0.930. The van der Waals surface area contributed by atoms with E-state index in [1.54, 1.807) is 18.2 Å². The fourth-order valence-corrected chi connectivity index (χ4v) is 2.38. The van der Waals surface area contributed by atoms with Crippen molar-refractivity contribution >= 4 is 34.8 Å². The minimum absolute atomic E-state index is 0.138. The number of benzene rings is 2. The summed E-state index contributed by atoms with van der Waals surface area (Å²) in [6, 6.07) is 12.5. The molecule has 112 valence electrons. The first-order valence-corrected chi connectivity index (χ1v) is 7.77. The van der Waals surface area contributed by atoms with Crippen LogP contribution in [0.15, 0.2) is 42.5 Å². The zero-order chi connectivity index (χ0) is 15.4. The fraction of sp³-hybridized carbons (Fsp3) is 0.250. The Balaban J connectivity index is 2.28. The molecule has 2 N–H and O–H groups in total. The number of hydrogen-bond acceptors (Lipinski definition) is 2. The van der Waals surface area contributed by atoms with Gasteiger partial charge >= 0.3 is 0 Å². The van der Waals surface area contributed by atoms with Gasteiger partial charge in [-0.05, 0) is 36.2 Å². The molecule has 0 saturated carbocycles. The molecule has 5 heteroatoms. The van der Waals surface area contributed by atoms with E-state index in [0.717, 1.165) is 12.0 Å². The summed E-state index contributed by atoms with van der Waals surface area (Å²) in [4.78, 5) is 0. The average Bonchev–Trinajstić information content (AvgIpc) is 2.48. The van der Waals surface area contributed by atoms with E-state index >= 15 is 0 Å². The molecule has 0 aromatic heterocycles. The number of halogens is 3. The highest BCUT2D eigenvalue weighted by Crippen LogP contribution is 2.31. The van der Waals surface area contributed by atoms with Gasteiger partial charge in [-0.2, -0.15) is 0 Å². The summed E-state index contributed by atoms with van der Waals surface area (Å²) in [5.41, 5.74) is 7.16. The van der Waals surface area contributed by atoms with Crippen molar-refractivity contribution in [3.63, 3.8) is 0 Å². The Kier molecular flexibility index (Phi) is 5.77. The average molecular weight is 345 g/mol. The Morgan fingerprint density at radius 2 is 1.67 bits per heavy atom. The third-order valence-corrected chi connectivity index (χ3v) is 4.20. The Morgan fingerprint density at radius 3 is 2.24 bits per heavy atom. The molecule has 2 aromatic carbocycles. The molecular formula is C16H16Cl3NO. The van der Waals surface area contributed by atoms with Gasteiger partial charge in [-0.3, -0.25) is 0 Å². The van der Waals surface area contributed by atoms with Gasteiger partial charge in [0.2, 0.25) is 0 Å². The lowest BCUT2D eigenvalue weighted by Gasteiger charge is -2.25. The van der Waals surface area contributed by atoms with Crippen molar-refractivity contribution in [2.24, 2.45) is 5.73 Å². The van der Waals surface area contributed by atoms with Crippen molar-refractivity contribution in [1.82, 2.24) is 0 Å². The maximum Gasteiger partial charge on any atom is 0.139 e. The summed E-state index contributed by atoms with van der Waals surface area (Å²) < 4.78 is 6.02. The maximum absolute atomic E-state index is 6.19. The molecule has 2 atom stereocenters. The predicted molar refractivity (Wildman–Crippen MR) is 89.5 cm³/mol. The highest BCUT2D eigenvalue weighted by atomic mass is 35.5. The van der Waals surface area contributed by atoms with Crippen molar-refractivity contribution in [3.05, 3.63) is 63.1 Å². The van der Waals surface area contributed by atoms with Crippen LogP contribution in [0.3, 0.4) is 0 Å². The van der Waals surface area contributed by atoms with E-state index < -0.39 is 0 Å². The number of nitrogens with two attached hydrogens (primary N) is 1. The molecule has 0 aliphatic heterocycles. The summed E-state index contributed by atoms with van der Waals surface area (Å²) in [5, 5.41) is 1.62. The largest absolute Gasteiger partial charge is 0.484 e. The van der Waals surface area contributed by atoms with Gasteiger partial charge in [-0.15, -0.1) is 0 Å². The number of ether oxygens (including phenoxy) is 1. The summed E-state index contributed by atoms with van der Waals surface area (Å²) in [6.07, 6.45) is 0.513. The third-order valence-electron chi connectivity index (χ3n) is 3.21. The predicted octanol–water partition coefficient (Wildman–Crippen LogP) is 5.50. The van der Waals surface area contributed by atoms with E-state index in [1.807, 2.05) is 31.2 Å². The molecule has 21 heavy (non-hydrogen) atoms. The first-order chi connectivity index (χ1) is 10.0. The van der Waals surface area contributed by atoms with Gasteiger partial charge < -0.3 is 10.5 Å². The molecule has 0 fully saturated rings. The lowest BCUT2D eigenvalue weighted by molar-refractivity contribution is 0.171. The fourth-order valence-electron chi connectivity index (χ4n) is 1.97. The molecule has 0 radical (unpaired) electrons. The van der Waals surface area contributed by atoms with Gasteiger partial charge in [-0.25, -0.2) is 0 Å². The van der Waals surface area contributed by atoms with Crippen LogP contribution in [0.4, 0.5) is 0 Å². The van der Waals surface area contributed by atoms with Crippen LogP contribution in [0.1, 0.15) is 25.0 Å². The molecule has 2 unspecified atom stereocenters. The van der Waals surface area contributed by atoms with Crippen LogP contribution in [0.5, 0.6) is 5.75 Å². The molecule has 0 aliphatic carbocycles. The van der Waals surface area contributed by atoms with Crippen molar-refractivity contribution in [1.29, 1.82) is 0 Å². The highest BCUT2D eigenvalue weighted by molar-refractivity contribution is 6.42. The monoisotopic (exact) mass is 343 g/mol. The molecule has 0 spiro atoms. The standard InChI is InChI=1S/C16H16Cl3NO/c1-2-15(20)16(10-3-5-11(17)6-4-10)21-12-7-8-13(18)14(19)9-12/h3-9,15-16H,2,20H2,1H3. The summed E-state index contributed by atoms with van der Waals surface area (Å²) in [6.45, 7) is 2.02. The van der Waals surface area contributed by atoms with E-state index in [9.17, 15) is 0 Å². The SMILES string of the molecule is CCC(N)C(Oc1ccc(Cl)c(Cl)c1)c1ccc(Cl)cc1. The van der Waals surface area contributed by atoms with E-state index in [-0.39, 0.29) is 12.1 Å².